The maximum absolute atomic E-state index is 6.36. The molecule has 0 aliphatic carbocycles. The Kier molecular flexibility index (Phi) is 3.25. The molecule has 1 atom stereocenters. The summed E-state index contributed by atoms with van der Waals surface area (Å²) in [6, 6.07) is 6.59. The Labute approximate surface area is 113 Å². The van der Waals surface area contributed by atoms with Crippen molar-refractivity contribution in [2.24, 2.45) is 0 Å². The van der Waals surface area contributed by atoms with Gasteiger partial charge in [0.2, 0.25) is 0 Å². The number of benzene rings is 1. The van der Waals surface area contributed by atoms with Gasteiger partial charge in [0.15, 0.2) is 0 Å². The summed E-state index contributed by atoms with van der Waals surface area (Å²) < 4.78 is 5.56. The zero-order chi connectivity index (χ0) is 13.2. The molecule has 4 nitrogen and oxygen atoms in total. The largest absolute Gasteiger partial charge is 0.397 e. The number of hydrogen-bond acceptors (Lipinski definition) is 4. The Hall–Kier alpha value is -1.81. The average Bonchev–Trinajstić information content (AvgIpc) is 2.48. The van der Waals surface area contributed by atoms with Crippen molar-refractivity contribution >= 4 is 22.1 Å². The predicted molar refractivity (Wildman–Crippen MR) is 78.4 cm³/mol. The lowest BCUT2D eigenvalue weighted by atomic mass is 10.1. The van der Waals surface area contributed by atoms with E-state index in [0.717, 1.165) is 48.3 Å². The van der Waals surface area contributed by atoms with Gasteiger partial charge in [-0.15, -0.1) is 0 Å². The molecular formula is C15H19N3O. The highest BCUT2D eigenvalue weighted by Gasteiger charge is 2.23. The fourth-order valence-electron chi connectivity index (χ4n) is 2.74. The smallest absolute Gasteiger partial charge is 0.0670 e. The minimum atomic E-state index is 0.412. The third kappa shape index (κ3) is 2.12. The lowest BCUT2D eigenvalue weighted by Gasteiger charge is -2.37. The van der Waals surface area contributed by atoms with Gasteiger partial charge in [0.25, 0.3) is 0 Å². The molecule has 1 aliphatic rings. The Morgan fingerprint density at radius 2 is 2.32 bits per heavy atom. The van der Waals surface area contributed by atoms with E-state index in [-0.39, 0.29) is 0 Å². The number of hydrogen-bond donors (Lipinski definition) is 1. The van der Waals surface area contributed by atoms with Crippen LogP contribution in [0, 0.1) is 0 Å². The van der Waals surface area contributed by atoms with Crippen LogP contribution in [0.1, 0.15) is 13.3 Å². The van der Waals surface area contributed by atoms with Gasteiger partial charge in [-0.2, -0.15) is 0 Å². The summed E-state index contributed by atoms with van der Waals surface area (Å²) in [5.74, 6) is 0. The summed E-state index contributed by atoms with van der Waals surface area (Å²) in [5, 5.41) is 2.17. The molecule has 4 heteroatoms. The molecule has 1 unspecified atom stereocenters. The van der Waals surface area contributed by atoms with Crippen molar-refractivity contribution in [3.05, 3.63) is 30.6 Å². The highest BCUT2D eigenvalue weighted by Crippen LogP contribution is 2.33. The molecule has 0 spiro atoms. The summed E-state index contributed by atoms with van der Waals surface area (Å²) in [7, 11) is 0. The lowest BCUT2D eigenvalue weighted by Crippen LogP contribution is -2.45. The summed E-state index contributed by atoms with van der Waals surface area (Å²) in [4.78, 5) is 6.51. The number of aromatic nitrogens is 1. The first-order valence-corrected chi connectivity index (χ1v) is 6.78. The van der Waals surface area contributed by atoms with Gasteiger partial charge in [0, 0.05) is 29.7 Å². The van der Waals surface area contributed by atoms with E-state index in [9.17, 15) is 0 Å². The standard InChI is InChI=1S/C15H19N3O/c1-2-12-10-19-8-7-18(12)14-4-3-11-9-17-6-5-13(11)15(14)16/h3-6,9,12H,2,7-8,10,16H2,1H3. The van der Waals surface area contributed by atoms with Gasteiger partial charge in [-0.25, -0.2) is 0 Å². The summed E-state index contributed by atoms with van der Waals surface area (Å²) in [6.45, 7) is 4.64. The zero-order valence-corrected chi connectivity index (χ0v) is 11.2. The van der Waals surface area contributed by atoms with Gasteiger partial charge in [0.05, 0.1) is 30.6 Å². The molecule has 0 saturated carbocycles. The SMILES string of the molecule is CCC1COCCN1c1ccc2cnccc2c1N. The summed E-state index contributed by atoms with van der Waals surface area (Å²) in [6.07, 6.45) is 4.71. The van der Waals surface area contributed by atoms with Crippen molar-refractivity contribution < 1.29 is 4.74 Å². The molecule has 1 aromatic carbocycles. The fourth-order valence-corrected chi connectivity index (χ4v) is 2.74. The Balaban J connectivity index is 2.06. The van der Waals surface area contributed by atoms with Crippen LogP contribution in [0.3, 0.4) is 0 Å². The summed E-state index contributed by atoms with van der Waals surface area (Å²) >= 11 is 0. The number of anilines is 2. The second kappa shape index (κ2) is 5.05. The van der Waals surface area contributed by atoms with Crippen LogP contribution < -0.4 is 10.6 Å². The first-order chi connectivity index (χ1) is 9.31. The van der Waals surface area contributed by atoms with E-state index in [1.807, 2.05) is 12.3 Å². The first kappa shape index (κ1) is 12.2. The van der Waals surface area contributed by atoms with E-state index in [1.165, 1.54) is 0 Å². The van der Waals surface area contributed by atoms with Crippen molar-refractivity contribution in [3.8, 4) is 0 Å². The van der Waals surface area contributed by atoms with Crippen molar-refractivity contribution in [1.29, 1.82) is 0 Å². The molecule has 100 valence electrons. The van der Waals surface area contributed by atoms with Crippen LogP contribution in [0.2, 0.25) is 0 Å². The van der Waals surface area contributed by atoms with Crippen LogP contribution in [0.25, 0.3) is 10.8 Å². The molecule has 2 N–H and O–H groups in total. The number of nitrogen functional groups attached to an aromatic ring is 1. The van der Waals surface area contributed by atoms with Crippen LogP contribution in [0.15, 0.2) is 30.6 Å². The minimum Gasteiger partial charge on any atom is -0.397 e. The zero-order valence-electron chi connectivity index (χ0n) is 11.2. The van der Waals surface area contributed by atoms with Crippen LogP contribution in [0.4, 0.5) is 11.4 Å². The monoisotopic (exact) mass is 257 g/mol. The van der Waals surface area contributed by atoms with Gasteiger partial charge in [-0.3, -0.25) is 4.98 Å². The molecular weight excluding hydrogens is 238 g/mol. The van der Waals surface area contributed by atoms with Crippen molar-refractivity contribution in [2.45, 2.75) is 19.4 Å². The molecule has 0 radical (unpaired) electrons. The number of rotatable bonds is 2. The minimum absolute atomic E-state index is 0.412. The molecule has 1 aliphatic heterocycles. The fraction of sp³-hybridized carbons (Fsp3) is 0.400. The van der Waals surface area contributed by atoms with E-state index < -0.39 is 0 Å². The molecule has 0 bridgehead atoms. The predicted octanol–water partition coefficient (Wildman–Crippen LogP) is 2.43. The quantitative estimate of drug-likeness (QED) is 0.839. The molecule has 3 rings (SSSR count). The van der Waals surface area contributed by atoms with Crippen LogP contribution in [-0.4, -0.2) is 30.8 Å². The number of ether oxygens (including phenoxy) is 1. The molecule has 2 heterocycles. The maximum Gasteiger partial charge on any atom is 0.0670 e. The van der Waals surface area contributed by atoms with Gasteiger partial charge >= 0.3 is 0 Å². The van der Waals surface area contributed by atoms with Gasteiger partial charge < -0.3 is 15.4 Å². The topological polar surface area (TPSA) is 51.4 Å². The second-order valence-corrected chi connectivity index (χ2v) is 4.93. The van der Waals surface area contributed by atoms with Gasteiger partial charge in [0.1, 0.15) is 0 Å². The Bertz CT molecular complexity index is 585. The van der Waals surface area contributed by atoms with E-state index in [0.29, 0.717) is 6.04 Å². The summed E-state index contributed by atoms with van der Waals surface area (Å²) in [5.41, 5.74) is 8.32. The van der Waals surface area contributed by atoms with Crippen molar-refractivity contribution in [1.82, 2.24) is 4.98 Å². The molecule has 1 saturated heterocycles. The average molecular weight is 257 g/mol. The van der Waals surface area contributed by atoms with E-state index in [4.69, 9.17) is 10.5 Å². The normalized spacial score (nSPS) is 19.8. The van der Waals surface area contributed by atoms with Crippen molar-refractivity contribution in [3.63, 3.8) is 0 Å². The lowest BCUT2D eigenvalue weighted by molar-refractivity contribution is 0.0931. The number of morpholine rings is 1. The third-order valence-corrected chi connectivity index (χ3v) is 3.85. The molecule has 19 heavy (non-hydrogen) atoms. The van der Waals surface area contributed by atoms with Crippen LogP contribution >= 0.6 is 0 Å². The van der Waals surface area contributed by atoms with Crippen molar-refractivity contribution in [2.75, 3.05) is 30.4 Å². The molecule has 2 aromatic rings. The first-order valence-electron chi connectivity index (χ1n) is 6.78. The van der Waals surface area contributed by atoms with Gasteiger partial charge in [-0.05, 0) is 18.6 Å². The number of nitrogens with zero attached hydrogens (tertiary/aromatic N) is 2. The number of nitrogens with two attached hydrogens (primary N) is 1. The van der Waals surface area contributed by atoms with E-state index in [1.54, 1.807) is 6.20 Å². The Morgan fingerprint density at radius 1 is 1.42 bits per heavy atom. The maximum atomic E-state index is 6.36. The highest BCUT2D eigenvalue weighted by atomic mass is 16.5. The third-order valence-electron chi connectivity index (χ3n) is 3.85. The van der Waals surface area contributed by atoms with Crippen LogP contribution in [-0.2, 0) is 4.74 Å². The number of fused-ring (bicyclic) bond motifs is 1. The molecule has 0 amide bonds. The molecule has 1 aromatic heterocycles. The van der Waals surface area contributed by atoms with Crippen LogP contribution in [0.5, 0.6) is 0 Å². The Morgan fingerprint density at radius 3 is 3.16 bits per heavy atom. The van der Waals surface area contributed by atoms with E-state index in [2.05, 4.69) is 28.9 Å². The van der Waals surface area contributed by atoms with Gasteiger partial charge in [-0.1, -0.05) is 13.0 Å². The highest BCUT2D eigenvalue weighted by molar-refractivity contribution is 5.98. The molecule has 1 fully saturated rings. The second-order valence-electron chi connectivity index (χ2n) is 4.93. The van der Waals surface area contributed by atoms with E-state index >= 15 is 0 Å². The number of pyridine rings is 1.